The third-order valence-electron chi connectivity index (χ3n) is 2.82. The van der Waals surface area contributed by atoms with Gasteiger partial charge in [-0.2, -0.15) is 0 Å². The Balaban J connectivity index is 2.47. The van der Waals surface area contributed by atoms with E-state index in [0.29, 0.717) is 11.8 Å². The molecule has 15 heavy (non-hydrogen) atoms. The van der Waals surface area contributed by atoms with Gasteiger partial charge in [0, 0.05) is 11.6 Å². The summed E-state index contributed by atoms with van der Waals surface area (Å²) in [5.41, 5.74) is 7.63. The third kappa shape index (κ3) is 1.97. The molecule has 0 spiro atoms. The predicted molar refractivity (Wildman–Crippen MR) is 67.3 cm³/mol. The Kier molecular flexibility index (Phi) is 2.65. The van der Waals surface area contributed by atoms with Gasteiger partial charge in [-0.25, -0.2) is 4.98 Å². The van der Waals surface area contributed by atoms with Crippen LogP contribution in [-0.2, 0) is 0 Å². The van der Waals surface area contributed by atoms with Gasteiger partial charge in [0.2, 0.25) is 0 Å². The van der Waals surface area contributed by atoms with E-state index in [-0.39, 0.29) is 0 Å². The van der Waals surface area contributed by atoms with Crippen LogP contribution in [0.1, 0.15) is 31.7 Å². The van der Waals surface area contributed by atoms with Crippen LogP contribution in [-0.4, -0.2) is 4.98 Å². The van der Waals surface area contributed by atoms with Gasteiger partial charge in [0.05, 0.1) is 15.2 Å². The Morgan fingerprint density at radius 3 is 2.67 bits per heavy atom. The number of nitrogen functional groups attached to an aromatic ring is 1. The Morgan fingerprint density at radius 1 is 1.27 bits per heavy atom. The first-order chi connectivity index (χ1) is 7.08. The predicted octanol–water partition coefficient (Wildman–Crippen LogP) is 3.64. The lowest BCUT2D eigenvalue weighted by Crippen LogP contribution is -2.00. The van der Waals surface area contributed by atoms with E-state index in [1.807, 2.05) is 18.2 Å². The van der Waals surface area contributed by atoms with Crippen LogP contribution in [0.15, 0.2) is 18.2 Å². The number of nitrogens with two attached hydrogens (primary N) is 1. The number of hydrogen-bond acceptors (Lipinski definition) is 3. The summed E-state index contributed by atoms with van der Waals surface area (Å²) in [6.45, 7) is 6.68. The summed E-state index contributed by atoms with van der Waals surface area (Å²) in [7, 11) is 0. The lowest BCUT2D eigenvalue weighted by molar-refractivity contribution is 0.533. The first kappa shape index (κ1) is 10.4. The van der Waals surface area contributed by atoms with Crippen molar-refractivity contribution < 1.29 is 0 Å². The zero-order valence-corrected chi connectivity index (χ0v) is 10.1. The van der Waals surface area contributed by atoms with Crippen LogP contribution in [0, 0.1) is 5.92 Å². The van der Waals surface area contributed by atoms with Gasteiger partial charge in [0.1, 0.15) is 0 Å². The highest BCUT2D eigenvalue weighted by Gasteiger charge is 2.14. The maximum Gasteiger partial charge on any atom is 0.0969 e. The maximum absolute atomic E-state index is 5.75. The largest absolute Gasteiger partial charge is 0.399 e. The van der Waals surface area contributed by atoms with E-state index < -0.39 is 0 Å². The number of hydrogen-bond donors (Lipinski definition) is 1. The quantitative estimate of drug-likeness (QED) is 0.785. The monoisotopic (exact) mass is 220 g/mol. The van der Waals surface area contributed by atoms with E-state index in [2.05, 4.69) is 25.8 Å². The molecule has 1 atom stereocenters. The van der Waals surface area contributed by atoms with Crippen molar-refractivity contribution in [2.75, 3.05) is 5.73 Å². The number of fused-ring (bicyclic) bond motifs is 1. The van der Waals surface area contributed by atoms with Gasteiger partial charge < -0.3 is 5.73 Å². The fraction of sp³-hybridized carbons (Fsp3) is 0.417. The first-order valence-corrected chi connectivity index (χ1v) is 6.05. The highest BCUT2D eigenvalue weighted by atomic mass is 32.1. The molecule has 0 amide bonds. The van der Waals surface area contributed by atoms with Crippen LogP contribution in [0.5, 0.6) is 0 Å². The molecule has 0 fully saturated rings. The Labute approximate surface area is 94.1 Å². The Hall–Kier alpha value is -1.09. The molecule has 1 unspecified atom stereocenters. The van der Waals surface area contributed by atoms with Crippen molar-refractivity contribution in [1.29, 1.82) is 0 Å². The average Bonchev–Trinajstić information content (AvgIpc) is 2.58. The number of anilines is 1. The topological polar surface area (TPSA) is 38.9 Å². The Morgan fingerprint density at radius 2 is 2.00 bits per heavy atom. The lowest BCUT2D eigenvalue weighted by Gasteiger charge is -2.11. The molecule has 0 aliphatic heterocycles. The Bertz CT molecular complexity index is 473. The summed E-state index contributed by atoms with van der Waals surface area (Å²) >= 11 is 1.76. The average molecular weight is 220 g/mol. The van der Waals surface area contributed by atoms with Crippen LogP contribution < -0.4 is 5.73 Å². The van der Waals surface area contributed by atoms with Crippen LogP contribution in [0.2, 0.25) is 0 Å². The van der Waals surface area contributed by atoms with Crippen LogP contribution in [0.25, 0.3) is 10.2 Å². The molecule has 0 saturated heterocycles. The van der Waals surface area contributed by atoms with Crippen molar-refractivity contribution in [2.45, 2.75) is 26.7 Å². The zero-order chi connectivity index (χ0) is 11.0. The van der Waals surface area contributed by atoms with Gasteiger partial charge in [-0.1, -0.05) is 20.8 Å². The third-order valence-corrected chi connectivity index (χ3v) is 4.04. The van der Waals surface area contributed by atoms with E-state index in [1.165, 1.54) is 9.71 Å². The molecular formula is C12H16N2S. The molecule has 0 aliphatic carbocycles. The molecule has 1 aromatic heterocycles. The zero-order valence-electron chi connectivity index (χ0n) is 9.32. The smallest absolute Gasteiger partial charge is 0.0969 e. The van der Waals surface area contributed by atoms with E-state index in [9.17, 15) is 0 Å². The molecule has 0 aliphatic rings. The summed E-state index contributed by atoms with van der Waals surface area (Å²) in [5.74, 6) is 1.14. The number of rotatable bonds is 2. The first-order valence-electron chi connectivity index (χ1n) is 5.24. The van der Waals surface area contributed by atoms with Crippen LogP contribution in [0.3, 0.4) is 0 Å². The second-order valence-corrected chi connectivity index (χ2v) is 5.37. The minimum Gasteiger partial charge on any atom is -0.399 e. The number of benzene rings is 1. The normalized spacial score (nSPS) is 13.6. The SMILES string of the molecule is CC(C)C(C)c1nc2ccc(N)cc2s1. The number of nitrogens with zero attached hydrogens (tertiary/aromatic N) is 1. The van der Waals surface area contributed by atoms with Gasteiger partial charge in [0.25, 0.3) is 0 Å². The van der Waals surface area contributed by atoms with E-state index in [0.717, 1.165) is 11.2 Å². The van der Waals surface area contributed by atoms with Crippen LogP contribution in [0.4, 0.5) is 5.69 Å². The highest BCUT2D eigenvalue weighted by Crippen LogP contribution is 2.32. The fourth-order valence-electron chi connectivity index (χ4n) is 1.44. The second-order valence-electron chi connectivity index (χ2n) is 4.31. The molecule has 0 saturated carbocycles. The van der Waals surface area contributed by atoms with Gasteiger partial charge in [0.15, 0.2) is 0 Å². The van der Waals surface area contributed by atoms with Crippen molar-refractivity contribution >= 4 is 27.2 Å². The van der Waals surface area contributed by atoms with Crippen molar-refractivity contribution in [3.63, 3.8) is 0 Å². The summed E-state index contributed by atoms with van der Waals surface area (Å²) in [6.07, 6.45) is 0. The minimum absolute atomic E-state index is 0.517. The molecule has 1 heterocycles. The van der Waals surface area contributed by atoms with Gasteiger partial charge in [-0.05, 0) is 24.1 Å². The lowest BCUT2D eigenvalue weighted by atomic mass is 9.99. The van der Waals surface area contributed by atoms with Crippen LogP contribution >= 0.6 is 11.3 Å². The molecule has 0 radical (unpaired) electrons. The second kappa shape index (κ2) is 3.81. The standard InChI is InChI=1S/C12H16N2S/c1-7(2)8(3)12-14-10-5-4-9(13)6-11(10)15-12/h4-8H,13H2,1-3H3. The molecule has 0 bridgehead atoms. The summed E-state index contributed by atoms with van der Waals surface area (Å²) in [5, 5.41) is 1.21. The molecule has 1 aromatic carbocycles. The molecule has 2 nitrogen and oxygen atoms in total. The highest BCUT2D eigenvalue weighted by molar-refractivity contribution is 7.18. The van der Waals surface area contributed by atoms with E-state index in [1.54, 1.807) is 11.3 Å². The molecule has 80 valence electrons. The van der Waals surface area contributed by atoms with E-state index in [4.69, 9.17) is 5.73 Å². The summed E-state index contributed by atoms with van der Waals surface area (Å²) in [6, 6.07) is 5.91. The fourth-order valence-corrected chi connectivity index (χ4v) is 2.68. The summed E-state index contributed by atoms with van der Waals surface area (Å²) < 4.78 is 1.19. The van der Waals surface area contributed by atoms with E-state index >= 15 is 0 Å². The molecule has 2 aromatic rings. The van der Waals surface area contributed by atoms with Crippen molar-refractivity contribution in [3.05, 3.63) is 23.2 Å². The van der Waals surface area contributed by atoms with Gasteiger partial charge in [-0.15, -0.1) is 11.3 Å². The van der Waals surface area contributed by atoms with Crippen molar-refractivity contribution in [1.82, 2.24) is 4.98 Å². The van der Waals surface area contributed by atoms with Gasteiger partial charge >= 0.3 is 0 Å². The van der Waals surface area contributed by atoms with Crippen molar-refractivity contribution in [3.8, 4) is 0 Å². The number of thiazole rings is 1. The minimum atomic E-state index is 0.517. The summed E-state index contributed by atoms with van der Waals surface area (Å²) in [4.78, 5) is 4.64. The van der Waals surface area contributed by atoms with Crippen molar-refractivity contribution in [2.24, 2.45) is 5.92 Å². The molecule has 3 heteroatoms. The van der Waals surface area contributed by atoms with Gasteiger partial charge in [-0.3, -0.25) is 0 Å². The molecule has 2 N–H and O–H groups in total. The maximum atomic E-state index is 5.75. The molecular weight excluding hydrogens is 204 g/mol. The number of aromatic nitrogens is 1. The molecule has 2 rings (SSSR count).